The van der Waals surface area contributed by atoms with Crippen molar-refractivity contribution in [1.29, 1.82) is 0 Å². The quantitative estimate of drug-likeness (QED) is 0.796. The summed E-state index contributed by atoms with van der Waals surface area (Å²) in [7, 11) is 0.728. The highest BCUT2D eigenvalue weighted by molar-refractivity contribution is 8.13. The lowest BCUT2D eigenvalue weighted by Crippen LogP contribution is -2.34. The smallest absolute Gasteiger partial charge is 0.327 e. The third-order valence-electron chi connectivity index (χ3n) is 3.18. The topological polar surface area (TPSA) is 65.5 Å². The van der Waals surface area contributed by atoms with Crippen molar-refractivity contribution in [3.63, 3.8) is 0 Å². The zero-order valence-corrected chi connectivity index (χ0v) is 14.5. The molecule has 0 radical (unpaired) electrons. The molecule has 5 nitrogen and oxygen atoms in total. The van der Waals surface area contributed by atoms with Crippen molar-refractivity contribution in [3.8, 4) is 0 Å². The van der Waals surface area contributed by atoms with E-state index < -0.39 is 22.5 Å². The Balaban J connectivity index is 2.05. The van der Waals surface area contributed by atoms with Crippen LogP contribution >= 0.6 is 22.3 Å². The lowest BCUT2D eigenvalue weighted by molar-refractivity contribution is 0.229. The number of hydrogen-bond donors (Lipinski definition) is 2. The number of nitrogens with zero attached hydrogens (tertiary/aromatic N) is 2. The number of rotatable bonds is 5. The Morgan fingerprint density at radius 1 is 1.42 bits per heavy atom. The van der Waals surface area contributed by atoms with E-state index in [-0.39, 0.29) is 17.5 Å². The maximum absolute atomic E-state index is 13.4. The summed E-state index contributed by atoms with van der Waals surface area (Å²) in [6.45, 7) is 0.0893. The van der Waals surface area contributed by atoms with Crippen LogP contribution in [0, 0.1) is 5.82 Å². The molecule has 0 saturated heterocycles. The van der Waals surface area contributed by atoms with Gasteiger partial charge >= 0.3 is 6.03 Å². The fourth-order valence-electron chi connectivity index (χ4n) is 1.86. The molecule has 2 amide bonds. The van der Waals surface area contributed by atoms with Crippen molar-refractivity contribution >= 4 is 33.7 Å². The number of aliphatic hydroxyl groups is 1. The molecular weight excluding hydrogens is 353 g/mol. The van der Waals surface area contributed by atoms with Gasteiger partial charge in [0.25, 0.3) is 0 Å². The average molecular weight is 370 g/mol. The second-order valence-electron chi connectivity index (χ2n) is 4.77. The van der Waals surface area contributed by atoms with Gasteiger partial charge in [-0.05, 0) is 23.8 Å². The molecular formula is C16H17ClFN3O2S. The number of halogens is 2. The molecule has 2 rings (SSSR count). The normalized spacial score (nSPS) is 12.0. The first-order valence-corrected chi connectivity index (χ1v) is 8.83. The zero-order chi connectivity index (χ0) is 17.5. The van der Waals surface area contributed by atoms with Crippen LogP contribution in [0.1, 0.15) is 11.3 Å². The number of pyridine rings is 1. The lowest BCUT2D eigenvalue weighted by Gasteiger charge is -2.21. The highest BCUT2D eigenvalue weighted by Crippen LogP contribution is 2.20. The molecule has 0 saturated carbocycles. The van der Waals surface area contributed by atoms with Crippen LogP contribution in [0.15, 0.2) is 42.6 Å². The van der Waals surface area contributed by atoms with Gasteiger partial charge in [-0.2, -0.15) is 0 Å². The fourth-order valence-corrected chi connectivity index (χ4v) is 3.16. The number of urea groups is 1. The molecule has 0 aliphatic heterocycles. The molecule has 8 heteroatoms. The molecule has 0 fully saturated rings. The van der Waals surface area contributed by atoms with Crippen LogP contribution in [0.3, 0.4) is 0 Å². The Bertz CT molecular complexity index is 743. The van der Waals surface area contributed by atoms with Gasteiger partial charge in [-0.1, -0.05) is 40.5 Å². The molecule has 1 atom stereocenters. The monoisotopic (exact) mass is 369 g/mol. The zero-order valence-electron chi connectivity index (χ0n) is 12.9. The minimum absolute atomic E-state index is 0.0124. The summed E-state index contributed by atoms with van der Waals surface area (Å²) in [5, 5.41) is 13.9. The second kappa shape index (κ2) is 8.77. The van der Waals surface area contributed by atoms with Crippen LogP contribution in [0.25, 0.3) is 0 Å². The average Bonchev–Trinajstić information content (AvgIpc) is 2.61. The number of benzene rings is 1. The van der Waals surface area contributed by atoms with E-state index in [2.05, 4.69) is 10.3 Å². The Hall–Kier alpha value is -1.96. The SMILES string of the molecule is CN(C(=O)NCc1cccc(F)c1Cl)/S(=C/c1ccccn1)CO. The Morgan fingerprint density at radius 2 is 2.21 bits per heavy atom. The van der Waals surface area contributed by atoms with Gasteiger partial charge in [0, 0.05) is 25.2 Å². The summed E-state index contributed by atoms with van der Waals surface area (Å²) in [6, 6.07) is 9.41. The minimum atomic E-state index is -0.843. The van der Waals surface area contributed by atoms with Gasteiger partial charge in [-0.3, -0.25) is 9.29 Å². The Kier molecular flexibility index (Phi) is 6.72. The first kappa shape index (κ1) is 18.4. The van der Waals surface area contributed by atoms with Crippen LogP contribution in [-0.4, -0.2) is 38.8 Å². The predicted octanol–water partition coefficient (Wildman–Crippen LogP) is 3.00. The van der Waals surface area contributed by atoms with E-state index in [1.54, 1.807) is 36.8 Å². The summed E-state index contributed by atoms with van der Waals surface area (Å²) in [4.78, 5) is 16.4. The van der Waals surface area contributed by atoms with Gasteiger partial charge in [-0.15, -0.1) is 0 Å². The largest absolute Gasteiger partial charge is 0.384 e. The van der Waals surface area contributed by atoms with Crippen molar-refractivity contribution in [1.82, 2.24) is 14.6 Å². The highest BCUT2D eigenvalue weighted by Gasteiger charge is 2.13. The van der Waals surface area contributed by atoms with E-state index in [9.17, 15) is 14.3 Å². The van der Waals surface area contributed by atoms with E-state index in [1.165, 1.54) is 16.4 Å². The van der Waals surface area contributed by atoms with E-state index in [0.29, 0.717) is 11.3 Å². The molecule has 1 aromatic heterocycles. The number of nitrogens with one attached hydrogen (secondary N) is 1. The van der Waals surface area contributed by atoms with E-state index >= 15 is 0 Å². The van der Waals surface area contributed by atoms with Crippen molar-refractivity contribution in [2.75, 3.05) is 13.0 Å². The number of aliphatic hydroxyl groups excluding tert-OH is 1. The van der Waals surface area contributed by atoms with Gasteiger partial charge < -0.3 is 10.4 Å². The van der Waals surface area contributed by atoms with Crippen molar-refractivity contribution in [3.05, 3.63) is 64.7 Å². The summed E-state index contributed by atoms with van der Waals surface area (Å²) >= 11 is 5.86. The Morgan fingerprint density at radius 3 is 2.88 bits per heavy atom. The van der Waals surface area contributed by atoms with Crippen molar-refractivity contribution in [2.24, 2.45) is 0 Å². The second-order valence-corrected chi connectivity index (χ2v) is 6.99. The number of aromatic nitrogens is 1. The molecule has 1 heterocycles. The van der Waals surface area contributed by atoms with E-state index in [1.807, 2.05) is 6.07 Å². The lowest BCUT2D eigenvalue weighted by atomic mass is 10.2. The van der Waals surface area contributed by atoms with Crippen LogP contribution in [0.5, 0.6) is 0 Å². The molecule has 0 bridgehead atoms. The number of amides is 2. The van der Waals surface area contributed by atoms with E-state index in [4.69, 9.17) is 11.6 Å². The molecule has 0 spiro atoms. The highest BCUT2D eigenvalue weighted by atomic mass is 35.5. The van der Waals surface area contributed by atoms with Crippen LogP contribution in [0.4, 0.5) is 9.18 Å². The predicted molar refractivity (Wildman–Crippen MR) is 95.5 cm³/mol. The summed E-state index contributed by atoms with van der Waals surface area (Å²) < 4.78 is 14.8. The molecule has 128 valence electrons. The summed E-state index contributed by atoms with van der Waals surface area (Å²) in [5.41, 5.74) is 1.15. The maximum Gasteiger partial charge on any atom is 0.327 e. The minimum Gasteiger partial charge on any atom is -0.384 e. The molecule has 2 N–H and O–H groups in total. The Labute approximate surface area is 147 Å². The van der Waals surface area contributed by atoms with Crippen molar-refractivity contribution < 1.29 is 14.3 Å². The van der Waals surface area contributed by atoms with Crippen LogP contribution in [0.2, 0.25) is 5.02 Å². The van der Waals surface area contributed by atoms with Gasteiger partial charge in [0.15, 0.2) is 0 Å². The molecule has 0 aliphatic carbocycles. The van der Waals surface area contributed by atoms with Gasteiger partial charge in [0.05, 0.1) is 10.7 Å². The third kappa shape index (κ3) is 4.77. The fraction of sp³-hybridized carbons (Fsp3) is 0.188. The van der Waals surface area contributed by atoms with E-state index in [0.717, 1.165) is 0 Å². The molecule has 1 unspecified atom stereocenters. The standard InChI is InChI=1S/C16H17ClFN3O2S/c1-21(24(11-22)10-13-6-2-3-8-19-13)16(23)20-9-12-5-4-7-14(18)15(12)17/h2-8,10,22H,9,11H2,1H3,(H,20,23). The summed E-state index contributed by atoms with van der Waals surface area (Å²) in [6.07, 6.45) is 1.64. The molecule has 24 heavy (non-hydrogen) atoms. The number of carbonyl (C=O) groups is 1. The first-order valence-electron chi connectivity index (χ1n) is 7.04. The molecule has 1 aromatic carbocycles. The molecule has 0 aliphatic rings. The third-order valence-corrected chi connectivity index (χ3v) is 5.25. The van der Waals surface area contributed by atoms with Gasteiger partial charge in [-0.25, -0.2) is 9.18 Å². The van der Waals surface area contributed by atoms with Crippen molar-refractivity contribution in [2.45, 2.75) is 6.54 Å². The van der Waals surface area contributed by atoms with Crippen LogP contribution in [-0.2, 0) is 6.54 Å². The molecule has 2 aromatic rings. The van der Waals surface area contributed by atoms with Crippen LogP contribution < -0.4 is 5.32 Å². The van der Waals surface area contributed by atoms with Gasteiger partial charge in [0.2, 0.25) is 0 Å². The number of hydrogen-bond acceptors (Lipinski definition) is 3. The first-order chi connectivity index (χ1) is 11.5. The maximum atomic E-state index is 13.4. The number of carbonyl (C=O) groups excluding carboxylic acids is 1. The summed E-state index contributed by atoms with van der Waals surface area (Å²) in [5.74, 6) is -0.753. The van der Waals surface area contributed by atoms with Gasteiger partial charge in [0.1, 0.15) is 11.8 Å².